The first-order chi connectivity index (χ1) is 11.8. The van der Waals surface area contributed by atoms with Crippen molar-refractivity contribution in [3.05, 3.63) is 81.5 Å². The van der Waals surface area contributed by atoms with E-state index in [1.807, 2.05) is 0 Å². The molecule has 0 aliphatic heterocycles. The summed E-state index contributed by atoms with van der Waals surface area (Å²) in [7, 11) is 0. The van der Waals surface area contributed by atoms with Gasteiger partial charge >= 0.3 is 11.9 Å². The van der Waals surface area contributed by atoms with Gasteiger partial charge in [-0.25, -0.2) is 4.98 Å². The second-order valence-electron chi connectivity index (χ2n) is 5.43. The third kappa shape index (κ3) is 3.16. The third-order valence-electron chi connectivity index (χ3n) is 3.89. The minimum Gasteiger partial charge on any atom is -0.320 e. The minimum atomic E-state index is -4.46. The number of nitro groups is 1. The molecule has 0 saturated heterocycles. The number of hydrogen-bond acceptors (Lipinski definition) is 4. The summed E-state index contributed by atoms with van der Waals surface area (Å²) in [4.78, 5) is 15.0. The van der Waals surface area contributed by atoms with E-state index in [1.165, 1.54) is 24.4 Å². The molecule has 0 saturated carbocycles. The van der Waals surface area contributed by atoms with Gasteiger partial charge in [0.05, 0.1) is 22.1 Å². The molecule has 0 fully saturated rings. The van der Waals surface area contributed by atoms with Gasteiger partial charge in [-0.05, 0) is 29.8 Å². The number of rotatable bonds is 3. The summed E-state index contributed by atoms with van der Waals surface area (Å²) >= 11 is 0. The first kappa shape index (κ1) is 16.8. The Labute approximate surface area is 140 Å². The summed E-state index contributed by atoms with van der Waals surface area (Å²) in [5.41, 5.74) is 5.76. The van der Waals surface area contributed by atoms with Gasteiger partial charge in [0.25, 0.3) is 0 Å². The van der Waals surface area contributed by atoms with Crippen LogP contribution in [0.3, 0.4) is 0 Å². The number of halogens is 3. The van der Waals surface area contributed by atoms with Crippen LogP contribution in [0, 0.1) is 10.1 Å². The normalized spacial score (nSPS) is 13.0. The van der Waals surface area contributed by atoms with Crippen LogP contribution in [0.2, 0.25) is 0 Å². The second-order valence-corrected chi connectivity index (χ2v) is 5.43. The summed E-state index contributed by atoms with van der Waals surface area (Å²) in [6.45, 7) is 0. The fraction of sp³-hybridized carbons (Fsp3) is 0.118. The smallest absolute Gasteiger partial charge is 0.320 e. The number of nitrogens with zero attached hydrogens (tertiary/aromatic N) is 2. The Morgan fingerprint density at radius 3 is 2.36 bits per heavy atom. The Bertz CT molecular complexity index is 940. The number of nitro benzene ring substituents is 1. The molecule has 1 aromatic heterocycles. The maximum Gasteiger partial charge on any atom is 0.416 e. The molecule has 1 heterocycles. The lowest BCUT2D eigenvalue weighted by molar-refractivity contribution is -0.384. The summed E-state index contributed by atoms with van der Waals surface area (Å²) in [6.07, 6.45) is -3.02. The first-order valence-corrected chi connectivity index (χ1v) is 7.24. The molecule has 0 bridgehead atoms. The molecule has 0 radical (unpaired) electrons. The van der Waals surface area contributed by atoms with Crippen molar-refractivity contribution in [1.82, 2.24) is 4.98 Å². The fourth-order valence-corrected chi connectivity index (χ4v) is 2.65. The first-order valence-electron chi connectivity index (χ1n) is 7.24. The monoisotopic (exact) mass is 347 g/mol. The van der Waals surface area contributed by atoms with Crippen LogP contribution in [0.4, 0.5) is 18.9 Å². The number of benzene rings is 2. The van der Waals surface area contributed by atoms with Crippen LogP contribution in [0.1, 0.15) is 22.7 Å². The van der Waals surface area contributed by atoms with Crippen LogP contribution < -0.4 is 5.73 Å². The van der Waals surface area contributed by atoms with Crippen molar-refractivity contribution in [2.45, 2.75) is 12.2 Å². The van der Waals surface area contributed by atoms with Gasteiger partial charge in [0, 0.05) is 11.6 Å². The van der Waals surface area contributed by atoms with Gasteiger partial charge in [-0.2, -0.15) is 13.2 Å². The lowest BCUT2D eigenvalue weighted by Crippen LogP contribution is -2.15. The lowest BCUT2D eigenvalue weighted by atomic mass is 9.95. The van der Waals surface area contributed by atoms with Gasteiger partial charge in [-0.15, -0.1) is 0 Å². The fourth-order valence-electron chi connectivity index (χ4n) is 2.65. The summed E-state index contributed by atoms with van der Waals surface area (Å²) in [6, 6.07) is 9.79. The molecule has 3 aromatic rings. The third-order valence-corrected chi connectivity index (χ3v) is 3.89. The zero-order valence-corrected chi connectivity index (χ0v) is 12.7. The summed E-state index contributed by atoms with van der Waals surface area (Å²) < 4.78 is 38.0. The van der Waals surface area contributed by atoms with Crippen molar-refractivity contribution in [2.75, 3.05) is 0 Å². The second kappa shape index (κ2) is 6.14. The molecule has 1 atom stereocenters. The van der Waals surface area contributed by atoms with E-state index in [4.69, 9.17) is 5.73 Å². The largest absolute Gasteiger partial charge is 0.416 e. The van der Waals surface area contributed by atoms with Crippen molar-refractivity contribution in [3.63, 3.8) is 0 Å². The van der Waals surface area contributed by atoms with Gasteiger partial charge in [0.15, 0.2) is 0 Å². The van der Waals surface area contributed by atoms with Gasteiger partial charge in [-0.1, -0.05) is 24.3 Å². The van der Waals surface area contributed by atoms with Crippen molar-refractivity contribution >= 4 is 16.6 Å². The molecule has 3 rings (SSSR count). The van der Waals surface area contributed by atoms with Crippen molar-refractivity contribution in [1.29, 1.82) is 0 Å². The highest BCUT2D eigenvalue weighted by Crippen LogP contribution is 2.35. The SMILES string of the molecule is NC(c1ccc(C(F)(F)F)cc1)c1ccc2cccnc2c1[N+](=O)[O-]. The van der Waals surface area contributed by atoms with Gasteiger partial charge < -0.3 is 5.73 Å². The molecule has 2 aromatic carbocycles. The summed E-state index contributed by atoms with van der Waals surface area (Å²) in [5.74, 6) is 0. The van der Waals surface area contributed by atoms with Crippen LogP contribution in [-0.2, 0) is 6.18 Å². The van der Waals surface area contributed by atoms with E-state index < -0.39 is 22.7 Å². The van der Waals surface area contributed by atoms with Crippen LogP contribution in [0.25, 0.3) is 10.9 Å². The van der Waals surface area contributed by atoms with Gasteiger partial charge in [-0.3, -0.25) is 10.1 Å². The quantitative estimate of drug-likeness (QED) is 0.568. The van der Waals surface area contributed by atoms with Crippen molar-refractivity contribution in [3.8, 4) is 0 Å². The zero-order chi connectivity index (χ0) is 18.2. The van der Waals surface area contributed by atoms with Gasteiger partial charge in [0.2, 0.25) is 0 Å². The average molecular weight is 347 g/mol. The zero-order valence-electron chi connectivity index (χ0n) is 12.7. The van der Waals surface area contributed by atoms with E-state index in [-0.39, 0.29) is 16.8 Å². The van der Waals surface area contributed by atoms with E-state index in [1.54, 1.807) is 18.2 Å². The maximum atomic E-state index is 12.7. The van der Waals surface area contributed by atoms with E-state index in [2.05, 4.69) is 4.98 Å². The highest BCUT2D eigenvalue weighted by Gasteiger charge is 2.31. The number of pyridine rings is 1. The van der Waals surface area contributed by atoms with Crippen molar-refractivity contribution in [2.24, 2.45) is 5.73 Å². The summed E-state index contributed by atoms with van der Waals surface area (Å²) in [5, 5.41) is 12.1. The number of aromatic nitrogens is 1. The van der Waals surface area contributed by atoms with Crippen LogP contribution in [0.15, 0.2) is 54.7 Å². The predicted octanol–water partition coefficient (Wildman–Crippen LogP) is 4.21. The van der Waals surface area contributed by atoms with Crippen molar-refractivity contribution < 1.29 is 18.1 Å². The minimum absolute atomic E-state index is 0.187. The Morgan fingerprint density at radius 1 is 1.08 bits per heavy atom. The Morgan fingerprint density at radius 2 is 1.76 bits per heavy atom. The number of alkyl halides is 3. The topological polar surface area (TPSA) is 82.0 Å². The van der Waals surface area contributed by atoms with E-state index >= 15 is 0 Å². The van der Waals surface area contributed by atoms with E-state index in [9.17, 15) is 23.3 Å². The van der Waals surface area contributed by atoms with E-state index in [0.717, 1.165) is 12.1 Å². The highest BCUT2D eigenvalue weighted by molar-refractivity contribution is 5.88. The average Bonchev–Trinajstić information content (AvgIpc) is 2.59. The molecule has 1 unspecified atom stereocenters. The number of hydrogen-bond donors (Lipinski definition) is 1. The lowest BCUT2D eigenvalue weighted by Gasteiger charge is -2.15. The Hall–Kier alpha value is -3.00. The van der Waals surface area contributed by atoms with Gasteiger partial charge in [0.1, 0.15) is 5.52 Å². The molecule has 0 amide bonds. The Kier molecular flexibility index (Phi) is 4.13. The number of nitrogens with two attached hydrogens (primary N) is 1. The standard InChI is InChI=1S/C17H12F3N3O2/c18-17(19,20)12-6-3-10(4-7-12)14(21)13-8-5-11-2-1-9-22-15(11)16(13)23(24)25/h1-9,14H,21H2. The number of fused-ring (bicyclic) bond motifs is 1. The Balaban J connectivity index is 2.09. The molecule has 128 valence electrons. The molecule has 0 spiro atoms. The highest BCUT2D eigenvalue weighted by atomic mass is 19.4. The predicted molar refractivity (Wildman–Crippen MR) is 85.9 cm³/mol. The van der Waals surface area contributed by atoms with Crippen LogP contribution in [0.5, 0.6) is 0 Å². The molecule has 0 aliphatic carbocycles. The maximum absolute atomic E-state index is 12.7. The van der Waals surface area contributed by atoms with Crippen LogP contribution in [-0.4, -0.2) is 9.91 Å². The molecular weight excluding hydrogens is 335 g/mol. The molecule has 2 N–H and O–H groups in total. The molecular formula is C17H12F3N3O2. The molecule has 0 aliphatic rings. The van der Waals surface area contributed by atoms with Crippen LogP contribution >= 0.6 is 0 Å². The molecule has 8 heteroatoms. The molecule has 5 nitrogen and oxygen atoms in total. The molecule has 25 heavy (non-hydrogen) atoms. The van der Waals surface area contributed by atoms with E-state index in [0.29, 0.717) is 10.9 Å².